The van der Waals surface area contributed by atoms with E-state index in [0.717, 1.165) is 49.3 Å². The van der Waals surface area contributed by atoms with E-state index in [4.69, 9.17) is 0 Å². The molecule has 0 aliphatic carbocycles. The molecule has 27 heavy (non-hydrogen) atoms. The number of pyridine rings is 1. The van der Waals surface area contributed by atoms with Crippen LogP contribution in [0.5, 0.6) is 0 Å². The second kappa shape index (κ2) is 8.40. The van der Waals surface area contributed by atoms with Crippen LogP contribution >= 0.6 is 0 Å². The van der Waals surface area contributed by atoms with Crippen LogP contribution in [0.4, 0.5) is 5.82 Å². The quantitative estimate of drug-likeness (QED) is 0.747. The first-order valence-corrected chi connectivity index (χ1v) is 11.2. The standard InChI is InChI=1S/C21H29N3O2S/c1-4-23(5-2)21-14-11-18(16-22-21)20-8-6-7-15-24(20)27(25,26)19-12-9-17(3)10-13-19/h9-14,16,20H,4-8,15H2,1-3H3/t20-/m1/s1. The third-order valence-corrected chi connectivity index (χ3v) is 7.25. The highest BCUT2D eigenvalue weighted by Crippen LogP contribution is 2.35. The molecule has 0 saturated carbocycles. The Balaban J connectivity index is 1.90. The van der Waals surface area contributed by atoms with Gasteiger partial charge in [0.15, 0.2) is 0 Å². The number of benzene rings is 1. The predicted octanol–water partition coefficient (Wildman–Crippen LogP) is 4.15. The van der Waals surface area contributed by atoms with E-state index < -0.39 is 10.0 Å². The van der Waals surface area contributed by atoms with Crippen molar-refractivity contribution >= 4 is 15.8 Å². The Morgan fingerprint density at radius 1 is 1.07 bits per heavy atom. The lowest BCUT2D eigenvalue weighted by Crippen LogP contribution is -2.38. The number of piperidine rings is 1. The summed E-state index contributed by atoms with van der Waals surface area (Å²) < 4.78 is 28.2. The summed E-state index contributed by atoms with van der Waals surface area (Å²) in [6, 6.07) is 11.0. The van der Waals surface area contributed by atoms with Crippen molar-refractivity contribution in [1.29, 1.82) is 0 Å². The average Bonchev–Trinajstić information content (AvgIpc) is 2.70. The summed E-state index contributed by atoms with van der Waals surface area (Å²) in [5.41, 5.74) is 2.03. The minimum atomic E-state index is -3.52. The molecule has 1 aliphatic heterocycles. The van der Waals surface area contributed by atoms with Gasteiger partial charge in [-0.2, -0.15) is 4.31 Å². The number of hydrogen-bond acceptors (Lipinski definition) is 4. The molecule has 1 aliphatic rings. The van der Waals surface area contributed by atoms with Gasteiger partial charge in [-0.15, -0.1) is 0 Å². The Labute approximate surface area is 163 Å². The van der Waals surface area contributed by atoms with Gasteiger partial charge in [-0.05, 0) is 57.4 Å². The molecule has 2 heterocycles. The van der Waals surface area contributed by atoms with Gasteiger partial charge in [-0.25, -0.2) is 13.4 Å². The van der Waals surface area contributed by atoms with Crippen LogP contribution in [0.15, 0.2) is 47.5 Å². The van der Waals surface area contributed by atoms with Crippen LogP contribution in [0.2, 0.25) is 0 Å². The molecule has 1 saturated heterocycles. The maximum absolute atomic E-state index is 13.2. The van der Waals surface area contributed by atoms with Crippen molar-refractivity contribution in [3.63, 3.8) is 0 Å². The number of nitrogens with zero attached hydrogens (tertiary/aromatic N) is 3. The van der Waals surface area contributed by atoms with Gasteiger partial charge < -0.3 is 4.90 Å². The zero-order chi connectivity index (χ0) is 19.4. The molecular weight excluding hydrogens is 358 g/mol. The van der Waals surface area contributed by atoms with Gasteiger partial charge in [-0.3, -0.25) is 0 Å². The molecule has 1 atom stereocenters. The third kappa shape index (κ3) is 4.17. The second-order valence-corrected chi connectivity index (χ2v) is 8.95. The van der Waals surface area contributed by atoms with Gasteiger partial charge in [0.2, 0.25) is 10.0 Å². The van der Waals surface area contributed by atoms with Crippen LogP contribution < -0.4 is 4.90 Å². The Kier molecular flexibility index (Phi) is 6.17. The zero-order valence-electron chi connectivity index (χ0n) is 16.4. The fourth-order valence-corrected chi connectivity index (χ4v) is 5.38. The van der Waals surface area contributed by atoms with Crippen molar-refractivity contribution in [2.75, 3.05) is 24.5 Å². The molecule has 0 bridgehead atoms. The molecule has 1 aromatic heterocycles. The topological polar surface area (TPSA) is 53.5 Å². The van der Waals surface area contributed by atoms with Crippen molar-refractivity contribution < 1.29 is 8.42 Å². The molecule has 0 unspecified atom stereocenters. The molecule has 2 aromatic rings. The summed E-state index contributed by atoms with van der Waals surface area (Å²) in [6.07, 6.45) is 4.60. The Bertz CT molecular complexity index is 844. The van der Waals surface area contributed by atoms with E-state index in [2.05, 4.69) is 23.7 Å². The lowest BCUT2D eigenvalue weighted by atomic mass is 9.99. The van der Waals surface area contributed by atoms with Crippen molar-refractivity contribution in [2.45, 2.75) is 51.0 Å². The molecule has 1 aromatic carbocycles. The first kappa shape index (κ1) is 19.8. The number of hydrogen-bond donors (Lipinski definition) is 0. The van der Waals surface area contributed by atoms with Gasteiger partial charge in [0.1, 0.15) is 5.82 Å². The number of sulfonamides is 1. The zero-order valence-corrected chi connectivity index (χ0v) is 17.2. The minimum absolute atomic E-state index is 0.150. The summed E-state index contributed by atoms with van der Waals surface area (Å²) in [5, 5.41) is 0. The normalized spacial score (nSPS) is 18.4. The van der Waals surface area contributed by atoms with Crippen LogP contribution in [0.25, 0.3) is 0 Å². The molecule has 1 fully saturated rings. The van der Waals surface area contributed by atoms with Crippen molar-refractivity contribution in [2.24, 2.45) is 0 Å². The maximum atomic E-state index is 13.2. The predicted molar refractivity (Wildman–Crippen MR) is 109 cm³/mol. The summed E-state index contributed by atoms with van der Waals surface area (Å²) in [5.74, 6) is 0.938. The van der Waals surface area contributed by atoms with Crippen LogP contribution in [0.1, 0.15) is 50.3 Å². The van der Waals surface area contributed by atoms with Crippen LogP contribution in [-0.4, -0.2) is 37.3 Å². The summed E-state index contributed by atoms with van der Waals surface area (Å²) in [4.78, 5) is 7.16. The van der Waals surface area contributed by atoms with Gasteiger partial charge >= 0.3 is 0 Å². The van der Waals surface area contributed by atoms with Gasteiger partial charge in [0.25, 0.3) is 0 Å². The van der Waals surface area contributed by atoms with Crippen LogP contribution in [-0.2, 0) is 10.0 Å². The van der Waals surface area contributed by atoms with E-state index in [-0.39, 0.29) is 6.04 Å². The number of anilines is 1. The maximum Gasteiger partial charge on any atom is 0.243 e. The Morgan fingerprint density at radius 3 is 2.37 bits per heavy atom. The highest BCUT2D eigenvalue weighted by molar-refractivity contribution is 7.89. The smallest absolute Gasteiger partial charge is 0.243 e. The monoisotopic (exact) mass is 387 g/mol. The van der Waals surface area contributed by atoms with E-state index in [0.29, 0.717) is 11.4 Å². The molecule has 0 N–H and O–H groups in total. The molecule has 0 radical (unpaired) electrons. The number of aromatic nitrogens is 1. The first-order chi connectivity index (χ1) is 13.0. The molecular formula is C21H29N3O2S. The van der Waals surface area contributed by atoms with Crippen LogP contribution in [0.3, 0.4) is 0 Å². The second-order valence-electron chi connectivity index (χ2n) is 7.06. The number of rotatable bonds is 6. The average molecular weight is 388 g/mol. The van der Waals surface area contributed by atoms with Crippen molar-refractivity contribution in [1.82, 2.24) is 9.29 Å². The van der Waals surface area contributed by atoms with E-state index >= 15 is 0 Å². The molecule has 5 nitrogen and oxygen atoms in total. The Hall–Kier alpha value is -1.92. The lowest BCUT2D eigenvalue weighted by Gasteiger charge is -2.35. The SMILES string of the molecule is CCN(CC)c1ccc([C@H]2CCCCN2S(=O)(=O)c2ccc(C)cc2)cn1. The minimum Gasteiger partial charge on any atom is -0.357 e. The largest absolute Gasteiger partial charge is 0.357 e. The molecule has 0 amide bonds. The highest BCUT2D eigenvalue weighted by atomic mass is 32.2. The lowest BCUT2D eigenvalue weighted by molar-refractivity contribution is 0.255. The summed E-state index contributed by atoms with van der Waals surface area (Å²) in [6.45, 7) is 8.54. The summed E-state index contributed by atoms with van der Waals surface area (Å²) in [7, 11) is -3.52. The van der Waals surface area contributed by atoms with E-state index in [1.807, 2.05) is 37.4 Å². The van der Waals surface area contributed by atoms with E-state index in [1.54, 1.807) is 16.4 Å². The fraction of sp³-hybridized carbons (Fsp3) is 0.476. The first-order valence-electron chi connectivity index (χ1n) is 9.76. The molecule has 146 valence electrons. The van der Waals surface area contributed by atoms with E-state index in [1.165, 1.54) is 0 Å². The number of aryl methyl sites for hydroxylation is 1. The van der Waals surface area contributed by atoms with Crippen molar-refractivity contribution in [3.05, 3.63) is 53.7 Å². The molecule has 0 spiro atoms. The van der Waals surface area contributed by atoms with Gasteiger partial charge in [0, 0.05) is 25.8 Å². The summed E-state index contributed by atoms with van der Waals surface area (Å²) >= 11 is 0. The van der Waals surface area contributed by atoms with Gasteiger partial charge in [-0.1, -0.05) is 30.2 Å². The van der Waals surface area contributed by atoms with Crippen molar-refractivity contribution in [3.8, 4) is 0 Å². The fourth-order valence-electron chi connectivity index (χ4n) is 3.70. The Morgan fingerprint density at radius 2 is 1.78 bits per heavy atom. The third-order valence-electron chi connectivity index (χ3n) is 5.32. The molecule has 3 rings (SSSR count). The van der Waals surface area contributed by atoms with Gasteiger partial charge in [0.05, 0.1) is 10.9 Å². The van der Waals surface area contributed by atoms with Crippen LogP contribution in [0, 0.1) is 6.92 Å². The molecule has 6 heteroatoms. The highest BCUT2D eigenvalue weighted by Gasteiger charge is 2.34. The van der Waals surface area contributed by atoms with E-state index in [9.17, 15) is 8.42 Å².